The zero-order valence-corrected chi connectivity index (χ0v) is 12.4. The molecule has 1 saturated heterocycles. The van der Waals surface area contributed by atoms with Crippen LogP contribution in [0, 0.1) is 6.92 Å². The van der Waals surface area contributed by atoms with Crippen LogP contribution in [-0.4, -0.2) is 59.4 Å². The van der Waals surface area contributed by atoms with E-state index in [1.165, 1.54) is 0 Å². The number of phenols is 1. The molecule has 1 aromatic carbocycles. The number of aromatic hydroxyl groups is 1. The van der Waals surface area contributed by atoms with E-state index < -0.39 is 11.8 Å². The highest BCUT2D eigenvalue weighted by atomic mass is 16.3. The predicted octanol–water partition coefficient (Wildman–Crippen LogP) is 0.803. The molecule has 6 nitrogen and oxygen atoms in total. The predicted molar refractivity (Wildman–Crippen MR) is 80.2 cm³/mol. The van der Waals surface area contributed by atoms with Gasteiger partial charge in [-0.3, -0.25) is 9.59 Å². The van der Waals surface area contributed by atoms with Crippen molar-refractivity contribution >= 4 is 17.5 Å². The lowest BCUT2D eigenvalue weighted by Crippen LogP contribution is -2.51. The Balaban J connectivity index is 1.95. The van der Waals surface area contributed by atoms with Crippen molar-refractivity contribution in [1.82, 2.24) is 9.80 Å². The number of nitrogens with one attached hydrogen (secondary N) is 1. The molecule has 2 amide bonds. The lowest BCUT2D eigenvalue weighted by atomic mass is 10.2. The number of nitrogens with zero attached hydrogens (tertiary/aromatic N) is 2. The van der Waals surface area contributed by atoms with Gasteiger partial charge in [0.15, 0.2) is 0 Å². The molecule has 2 rings (SSSR count). The summed E-state index contributed by atoms with van der Waals surface area (Å²) in [6.45, 7) is 7.54. The number of amides is 2. The van der Waals surface area contributed by atoms with Gasteiger partial charge in [0.25, 0.3) is 0 Å². The van der Waals surface area contributed by atoms with Crippen LogP contribution in [0.25, 0.3) is 0 Å². The van der Waals surface area contributed by atoms with Crippen molar-refractivity contribution in [2.45, 2.75) is 13.8 Å². The molecular formula is C15H21N3O3. The number of aryl methyl sites for hydroxylation is 1. The van der Waals surface area contributed by atoms with E-state index in [9.17, 15) is 14.7 Å². The lowest BCUT2D eigenvalue weighted by Gasteiger charge is -2.33. The Morgan fingerprint density at radius 1 is 1.24 bits per heavy atom. The van der Waals surface area contributed by atoms with Crippen LogP contribution in [0.4, 0.5) is 5.69 Å². The maximum Gasteiger partial charge on any atom is 0.314 e. The zero-order valence-electron chi connectivity index (χ0n) is 12.4. The Hall–Kier alpha value is -2.08. The van der Waals surface area contributed by atoms with E-state index in [1.807, 2.05) is 6.92 Å². The minimum Gasteiger partial charge on any atom is -0.506 e. The molecular weight excluding hydrogens is 270 g/mol. The van der Waals surface area contributed by atoms with Crippen LogP contribution in [-0.2, 0) is 9.59 Å². The molecule has 0 aliphatic carbocycles. The van der Waals surface area contributed by atoms with E-state index in [0.717, 1.165) is 25.2 Å². The van der Waals surface area contributed by atoms with Crippen LogP contribution < -0.4 is 5.32 Å². The fourth-order valence-electron chi connectivity index (χ4n) is 2.33. The summed E-state index contributed by atoms with van der Waals surface area (Å²) in [4.78, 5) is 27.8. The van der Waals surface area contributed by atoms with Gasteiger partial charge in [-0.15, -0.1) is 0 Å². The Morgan fingerprint density at radius 2 is 1.90 bits per heavy atom. The van der Waals surface area contributed by atoms with Gasteiger partial charge < -0.3 is 20.2 Å². The van der Waals surface area contributed by atoms with Crippen molar-refractivity contribution in [3.05, 3.63) is 23.8 Å². The molecule has 1 aromatic rings. The third kappa shape index (κ3) is 3.72. The highest BCUT2D eigenvalue weighted by Gasteiger charge is 2.25. The van der Waals surface area contributed by atoms with Crippen LogP contribution in [0.2, 0.25) is 0 Å². The summed E-state index contributed by atoms with van der Waals surface area (Å²) in [7, 11) is 0. The standard InChI is InChI=1S/C15H21N3O3/c1-3-17-6-8-18(9-7-17)15(21)14(20)16-12-5-4-11(2)10-13(12)19/h4-5,10,19H,3,6-9H2,1-2H3,(H,16,20). The molecule has 0 saturated carbocycles. The molecule has 0 atom stereocenters. The lowest BCUT2D eigenvalue weighted by molar-refractivity contribution is -0.144. The number of benzene rings is 1. The summed E-state index contributed by atoms with van der Waals surface area (Å²) < 4.78 is 0. The first-order valence-corrected chi connectivity index (χ1v) is 7.13. The second kappa shape index (κ2) is 6.58. The third-order valence-corrected chi connectivity index (χ3v) is 3.70. The van der Waals surface area contributed by atoms with E-state index in [0.29, 0.717) is 13.1 Å². The van der Waals surface area contributed by atoms with E-state index >= 15 is 0 Å². The minimum atomic E-state index is -0.709. The van der Waals surface area contributed by atoms with Crippen LogP contribution in [0.1, 0.15) is 12.5 Å². The number of phenolic OH excluding ortho intramolecular Hbond substituents is 1. The molecule has 114 valence electrons. The van der Waals surface area contributed by atoms with Gasteiger partial charge >= 0.3 is 11.8 Å². The summed E-state index contributed by atoms with van der Waals surface area (Å²) in [6.07, 6.45) is 0. The van der Waals surface area contributed by atoms with Crippen molar-refractivity contribution < 1.29 is 14.7 Å². The summed E-state index contributed by atoms with van der Waals surface area (Å²) in [6, 6.07) is 4.89. The van der Waals surface area contributed by atoms with Crippen molar-refractivity contribution in [3.8, 4) is 5.75 Å². The Kier molecular flexibility index (Phi) is 4.80. The molecule has 2 N–H and O–H groups in total. The average Bonchev–Trinajstić information content (AvgIpc) is 2.49. The van der Waals surface area contributed by atoms with Gasteiger partial charge in [-0.1, -0.05) is 13.0 Å². The highest BCUT2D eigenvalue weighted by molar-refractivity contribution is 6.39. The molecule has 21 heavy (non-hydrogen) atoms. The SMILES string of the molecule is CCN1CCN(C(=O)C(=O)Nc2ccc(C)cc2O)CC1. The number of likely N-dealkylation sites (N-methyl/N-ethyl adjacent to an activating group) is 1. The first kappa shape index (κ1) is 15.3. The summed E-state index contributed by atoms with van der Waals surface area (Å²) in [5.41, 5.74) is 1.14. The topological polar surface area (TPSA) is 72.9 Å². The van der Waals surface area contributed by atoms with Gasteiger partial charge in [0, 0.05) is 26.2 Å². The van der Waals surface area contributed by atoms with Crippen LogP contribution >= 0.6 is 0 Å². The van der Waals surface area contributed by atoms with E-state index in [1.54, 1.807) is 23.1 Å². The number of hydrogen-bond donors (Lipinski definition) is 2. The Bertz CT molecular complexity index is 537. The van der Waals surface area contributed by atoms with Crippen molar-refractivity contribution in [3.63, 3.8) is 0 Å². The average molecular weight is 291 g/mol. The largest absolute Gasteiger partial charge is 0.506 e. The normalized spacial score (nSPS) is 15.8. The maximum absolute atomic E-state index is 12.1. The fraction of sp³-hybridized carbons (Fsp3) is 0.467. The van der Waals surface area contributed by atoms with Crippen molar-refractivity contribution in [2.75, 3.05) is 38.0 Å². The van der Waals surface area contributed by atoms with Crippen LogP contribution in [0.3, 0.4) is 0 Å². The maximum atomic E-state index is 12.1. The molecule has 1 heterocycles. The van der Waals surface area contributed by atoms with Crippen LogP contribution in [0.5, 0.6) is 5.75 Å². The zero-order chi connectivity index (χ0) is 15.4. The van der Waals surface area contributed by atoms with E-state index in [2.05, 4.69) is 17.1 Å². The van der Waals surface area contributed by atoms with Gasteiger partial charge in [0.2, 0.25) is 0 Å². The number of rotatable bonds is 2. The van der Waals surface area contributed by atoms with Gasteiger partial charge in [-0.2, -0.15) is 0 Å². The van der Waals surface area contributed by atoms with E-state index in [4.69, 9.17) is 0 Å². The number of hydrogen-bond acceptors (Lipinski definition) is 4. The molecule has 1 aliphatic heterocycles. The molecule has 0 bridgehead atoms. The summed E-state index contributed by atoms with van der Waals surface area (Å²) in [5, 5.41) is 12.2. The molecule has 0 spiro atoms. The second-order valence-corrected chi connectivity index (χ2v) is 5.20. The fourth-order valence-corrected chi connectivity index (χ4v) is 2.33. The Labute approximate surface area is 124 Å². The van der Waals surface area contributed by atoms with Crippen LogP contribution in [0.15, 0.2) is 18.2 Å². The molecule has 6 heteroatoms. The monoisotopic (exact) mass is 291 g/mol. The van der Waals surface area contributed by atoms with Crippen molar-refractivity contribution in [1.29, 1.82) is 0 Å². The van der Waals surface area contributed by atoms with E-state index in [-0.39, 0.29) is 11.4 Å². The highest BCUT2D eigenvalue weighted by Crippen LogP contribution is 2.23. The Morgan fingerprint density at radius 3 is 2.48 bits per heavy atom. The second-order valence-electron chi connectivity index (χ2n) is 5.20. The summed E-state index contributed by atoms with van der Waals surface area (Å²) >= 11 is 0. The number of carbonyl (C=O) groups is 2. The number of anilines is 1. The third-order valence-electron chi connectivity index (χ3n) is 3.70. The van der Waals surface area contributed by atoms with Gasteiger partial charge in [-0.05, 0) is 31.2 Å². The number of piperazine rings is 1. The minimum absolute atomic E-state index is 0.0352. The van der Waals surface area contributed by atoms with Gasteiger partial charge in [0.1, 0.15) is 5.75 Å². The number of carbonyl (C=O) groups excluding carboxylic acids is 2. The van der Waals surface area contributed by atoms with Gasteiger partial charge in [0.05, 0.1) is 5.69 Å². The first-order valence-electron chi connectivity index (χ1n) is 7.13. The van der Waals surface area contributed by atoms with Crippen molar-refractivity contribution in [2.24, 2.45) is 0 Å². The van der Waals surface area contributed by atoms with Gasteiger partial charge in [-0.25, -0.2) is 0 Å². The molecule has 1 fully saturated rings. The quantitative estimate of drug-likeness (QED) is 0.624. The molecule has 0 radical (unpaired) electrons. The molecule has 1 aliphatic rings. The molecule has 0 aromatic heterocycles. The smallest absolute Gasteiger partial charge is 0.314 e. The molecule has 0 unspecified atom stereocenters. The summed E-state index contributed by atoms with van der Waals surface area (Å²) in [5.74, 6) is -1.29. The first-order chi connectivity index (χ1) is 10.0.